The first kappa shape index (κ1) is 15.4. The van der Waals surface area contributed by atoms with Gasteiger partial charge >= 0.3 is 5.97 Å². The highest BCUT2D eigenvalue weighted by molar-refractivity contribution is 9.10. The maximum atomic E-state index is 10.6. The summed E-state index contributed by atoms with van der Waals surface area (Å²) in [5, 5.41) is 22.2. The number of nitro groups is 1. The van der Waals surface area contributed by atoms with Crippen LogP contribution in [-0.4, -0.2) is 22.5 Å². The van der Waals surface area contributed by atoms with Crippen LogP contribution in [-0.2, 0) is 4.79 Å². The van der Waals surface area contributed by atoms with Crippen LogP contribution in [0.25, 0.3) is 0 Å². The molecular weight excluding hydrogens is 316 g/mol. The number of carbonyl (C=O) groups is 1. The molecule has 0 aliphatic carbocycles. The maximum absolute atomic E-state index is 10.6. The van der Waals surface area contributed by atoms with Gasteiger partial charge in [-0.2, -0.15) is 0 Å². The molecule has 0 amide bonds. The Balaban J connectivity index is 2.33. The molecule has 0 heterocycles. The van der Waals surface area contributed by atoms with E-state index in [0.29, 0.717) is 17.4 Å². The second kappa shape index (κ2) is 7.73. The minimum absolute atomic E-state index is 0.0406. The first-order valence-corrected chi connectivity index (χ1v) is 6.69. The molecule has 0 spiro atoms. The zero-order chi connectivity index (χ0) is 14.3. The van der Waals surface area contributed by atoms with Crippen molar-refractivity contribution in [3.8, 4) is 0 Å². The van der Waals surface area contributed by atoms with Crippen LogP contribution in [0.4, 0.5) is 11.4 Å². The summed E-state index contributed by atoms with van der Waals surface area (Å²) in [6.07, 6.45) is 2.56. The highest BCUT2D eigenvalue weighted by atomic mass is 79.9. The van der Waals surface area contributed by atoms with Gasteiger partial charge in [-0.25, -0.2) is 0 Å². The number of nitro benzene ring substituents is 1. The van der Waals surface area contributed by atoms with Gasteiger partial charge in [0.1, 0.15) is 0 Å². The molecule has 0 atom stereocenters. The SMILES string of the molecule is O=C(O)CCCCCNc1ccc([N+](=O)[O-])cc1Br. The Morgan fingerprint density at radius 2 is 2.11 bits per heavy atom. The summed E-state index contributed by atoms with van der Waals surface area (Å²) < 4.78 is 0.646. The average Bonchev–Trinajstić information content (AvgIpc) is 2.34. The van der Waals surface area contributed by atoms with Crippen LogP contribution in [0.15, 0.2) is 22.7 Å². The van der Waals surface area contributed by atoms with Crippen LogP contribution >= 0.6 is 15.9 Å². The monoisotopic (exact) mass is 330 g/mol. The molecule has 0 radical (unpaired) electrons. The lowest BCUT2D eigenvalue weighted by molar-refractivity contribution is -0.384. The van der Waals surface area contributed by atoms with E-state index in [1.165, 1.54) is 12.1 Å². The smallest absolute Gasteiger partial charge is 0.303 e. The highest BCUT2D eigenvalue weighted by Crippen LogP contribution is 2.27. The van der Waals surface area contributed by atoms with Crippen molar-refractivity contribution in [2.45, 2.75) is 25.7 Å². The Bertz CT molecular complexity index is 465. The maximum Gasteiger partial charge on any atom is 0.303 e. The zero-order valence-corrected chi connectivity index (χ0v) is 11.9. The molecular formula is C12H15BrN2O4. The van der Waals surface area contributed by atoms with E-state index < -0.39 is 10.9 Å². The number of aliphatic carboxylic acids is 1. The number of halogens is 1. The topological polar surface area (TPSA) is 92.5 Å². The Kier molecular flexibility index (Phi) is 6.27. The van der Waals surface area contributed by atoms with Gasteiger partial charge in [-0.05, 0) is 34.8 Å². The van der Waals surface area contributed by atoms with Crippen LogP contribution in [0.3, 0.4) is 0 Å². The quantitative estimate of drug-likeness (QED) is 0.433. The Labute approximate surface area is 119 Å². The van der Waals surface area contributed by atoms with Gasteiger partial charge in [0.25, 0.3) is 5.69 Å². The summed E-state index contributed by atoms with van der Waals surface area (Å²) in [5.41, 5.74) is 0.836. The van der Waals surface area contributed by atoms with Crippen molar-refractivity contribution < 1.29 is 14.8 Å². The number of nitrogens with zero attached hydrogens (tertiary/aromatic N) is 1. The third kappa shape index (κ3) is 5.69. The molecule has 0 aromatic heterocycles. The van der Waals surface area contributed by atoms with Crippen molar-refractivity contribution >= 4 is 33.3 Å². The molecule has 0 saturated carbocycles. The third-order valence-electron chi connectivity index (χ3n) is 2.55. The number of anilines is 1. The Morgan fingerprint density at radius 1 is 1.37 bits per heavy atom. The molecule has 2 N–H and O–H groups in total. The molecule has 0 aliphatic rings. The summed E-state index contributed by atoms with van der Waals surface area (Å²) in [5.74, 6) is -0.772. The number of rotatable bonds is 8. The molecule has 1 aromatic rings. The number of benzene rings is 1. The third-order valence-corrected chi connectivity index (χ3v) is 3.20. The number of nitrogens with one attached hydrogen (secondary N) is 1. The number of non-ortho nitro benzene ring substituents is 1. The number of hydrogen-bond donors (Lipinski definition) is 2. The van der Waals surface area contributed by atoms with E-state index in [4.69, 9.17) is 5.11 Å². The van der Waals surface area contributed by atoms with Crippen molar-refractivity contribution in [2.75, 3.05) is 11.9 Å². The Morgan fingerprint density at radius 3 is 2.68 bits per heavy atom. The molecule has 6 nitrogen and oxygen atoms in total. The van der Waals surface area contributed by atoms with E-state index in [0.717, 1.165) is 18.5 Å². The molecule has 1 aromatic carbocycles. The molecule has 0 aliphatic heterocycles. The predicted octanol–water partition coefficient (Wildman–Crippen LogP) is 3.41. The normalized spacial score (nSPS) is 10.2. The van der Waals surface area contributed by atoms with E-state index in [2.05, 4.69) is 21.2 Å². The molecule has 0 unspecified atom stereocenters. The number of carboxylic acids is 1. The van der Waals surface area contributed by atoms with Crippen LogP contribution in [0.5, 0.6) is 0 Å². The van der Waals surface area contributed by atoms with Crippen LogP contribution in [0, 0.1) is 10.1 Å². The van der Waals surface area contributed by atoms with Crippen molar-refractivity contribution in [1.82, 2.24) is 0 Å². The van der Waals surface area contributed by atoms with Gasteiger partial charge < -0.3 is 10.4 Å². The lowest BCUT2D eigenvalue weighted by atomic mass is 10.2. The van der Waals surface area contributed by atoms with Gasteiger partial charge in [0, 0.05) is 35.3 Å². The number of carboxylic acid groups (broad SMARTS) is 1. The van der Waals surface area contributed by atoms with Crippen molar-refractivity contribution in [2.24, 2.45) is 0 Å². The van der Waals surface area contributed by atoms with Crippen molar-refractivity contribution in [3.63, 3.8) is 0 Å². The minimum atomic E-state index is -0.772. The fourth-order valence-electron chi connectivity index (χ4n) is 1.56. The van der Waals surface area contributed by atoms with Gasteiger partial charge in [-0.15, -0.1) is 0 Å². The Hall–Kier alpha value is -1.63. The molecule has 104 valence electrons. The molecule has 19 heavy (non-hydrogen) atoms. The second-order valence-electron chi connectivity index (χ2n) is 4.05. The summed E-state index contributed by atoms with van der Waals surface area (Å²) in [7, 11) is 0. The highest BCUT2D eigenvalue weighted by Gasteiger charge is 2.08. The lowest BCUT2D eigenvalue weighted by Crippen LogP contribution is -2.03. The second-order valence-corrected chi connectivity index (χ2v) is 4.91. The summed E-state index contributed by atoms with van der Waals surface area (Å²) in [6, 6.07) is 4.55. The van der Waals surface area contributed by atoms with Gasteiger partial charge in [0.15, 0.2) is 0 Å². The van der Waals surface area contributed by atoms with E-state index in [9.17, 15) is 14.9 Å². The molecule has 0 saturated heterocycles. The largest absolute Gasteiger partial charge is 0.481 e. The first-order chi connectivity index (χ1) is 9.00. The van der Waals surface area contributed by atoms with Crippen LogP contribution in [0.1, 0.15) is 25.7 Å². The van der Waals surface area contributed by atoms with E-state index >= 15 is 0 Å². The zero-order valence-electron chi connectivity index (χ0n) is 10.3. The fourth-order valence-corrected chi connectivity index (χ4v) is 2.07. The van der Waals surface area contributed by atoms with Crippen LogP contribution in [0.2, 0.25) is 0 Å². The molecule has 7 heteroatoms. The molecule has 0 bridgehead atoms. The van der Waals surface area contributed by atoms with Gasteiger partial charge in [-0.1, -0.05) is 6.42 Å². The molecule has 1 rings (SSSR count). The number of unbranched alkanes of at least 4 members (excludes halogenated alkanes) is 2. The first-order valence-electron chi connectivity index (χ1n) is 5.90. The van der Waals surface area contributed by atoms with Gasteiger partial charge in [0.2, 0.25) is 0 Å². The van der Waals surface area contributed by atoms with E-state index in [-0.39, 0.29) is 12.1 Å². The lowest BCUT2D eigenvalue weighted by Gasteiger charge is -2.08. The number of hydrogen-bond acceptors (Lipinski definition) is 4. The van der Waals surface area contributed by atoms with Crippen molar-refractivity contribution in [3.05, 3.63) is 32.8 Å². The van der Waals surface area contributed by atoms with E-state index in [1.54, 1.807) is 6.07 Å². The van der Waals surface area contributed by atoms with Gasteiger partial charge in [0.05, 0.1) is 4.92 Å². The van der Waals surface area contributed by atoms with Gasteiger partial charge in [-0.3, -0.25) is 14.9 Å². The van der Waals surface area contributed by atoms with E-state index in [1.807, 2.05) is 0 Å². The van der Waals surface area contributed by atoms with Crippen molar-refractivity contribution in [1.29, 1.82) is 0 Å². The van der Waals surface area contributed by atoms with Crippen LogP contribution < -0.4 is 5.32 Å². The average molecular weight is 331 g/mol. The summed E-state index contributed by atoms with van der Waals surface area (Å²) >= 11 is 3.27. The predicted molar refractivity (Wildman–Crippen MR) is 75.4 cm³/mol. The summed E-state index contributed by atoms with van der Waals surface area (Å²) in [4.78, 5) is 20.4. The standard InChI is InChI=1S/C12H15BrN2O4/c13-10-8-9(15(18)19)5-6-11(10)14-7-3-1-2-4-12(16)17/h5-6,8,14H,1-4,7H2,(H,16,17). The summed E-state index contributed by atoms with van der Waals surface area (Å²) in [6.45, 7) is 0.704. The fraction of sp³-hybridized carbons (Fsp3) is 0.417. The molecule has 0 fully saturated rings. The minimum Gasteiger partial charge on any atom is -0.481 e.